The maximum atomic E-state index is 11.8. The summed E-state index contributed by atoms with van der Waals surface area (Å²) in [5.74, 6) is 0.267. The van der Waals surface area contributed by atoms with Crippen LogP contribution in [0.5, 0.6) is 5.75 Å². The van der Waals surface area contributed by atoms with E-state index in [4.69, 9.17) is 21.1 Å². The van der Waals surface area contributed by atoms with Crippen LogP contribution in [0, 0.1) is 0 Å². The molecule has 1 aromatic carbocycles. The second-order valence-electron chi connectivity index (χ2n) is 4.33. The zero-order valence-electron chi connectivity index (χ0n) is 11.7. The summed E-state index contributed by atoms with van der Waals surface area (Å²) in [6, 6.07) is 11.0. The Hall–Kier alpha value is -2.07. The van der Waals surface area contributed by atoms with Crippen molar-refractivity contribution in [1.82, 2.24) is 4.98 Å². The molecule has 0 saturated carbocycles. The Kier molecular flexibility index (Phi) is 5.58. The van der Waals surface area contributed by atoms with Crippen molar-refractivity contribution in [2.24, 2.45) is 0 Å². The van der Waals surface area contributed by atoms with Crippen LogP contribution in [0.25, 0.3) is 0 Å². The van der Waals surface area contributed by atoms with Gasteiger partial charge in [0.05, 0.1) is 5.56 Å². The Morgan fingerprint density at radius 2 is 2.10 bits per heavy atom. The number of aromatic nitrogens is 1. The van der Waals surface area contributed by atoms with Gasteiger partial charge in [0.15, 0.2) is 0 Å². The summed E-state index contributed by atoms with van der Waals surface area (Å²) >= 11 is 5.82. The van der Waals surface area contributed by atoms with Gasteiger partial charge in [-0.15, -0.1) is 0 Å². The van der Waals surface area contributed by atoms with E-state index in [2.05, 4.69) is 11.9 Å². The molecule has 110 valence electrons. The average molecular weight is 306 g/mol. The van der Waals surface area contributed by atoms with Crippen molar-refractivity contribution in [2.75, 3.05) is 13.2 Å². The molecule has 2 rings (SSSR count). The predicted octanol–water partition coefficient (Wildman–Crippen LogP) is 3.53. The maximum absolute atomic E-state index is 11.8. The van der Waals surface area contributed by atoms with Crippen LogP contribution in [-0.2, 0) is 11.2 Å². The predicted molar refractivity (Wildman–Crippen MR) is 80.8 cm³/mol. The molecular formula is C16H16ClNO3. The third-order valence-electron chi connectivity index (χ3n) is 2.87. The van der Waals surface area contributed by atoms with Gasteiger partial charge in [0.2, 0.25) is 0 Å². The van der Waals surface area contributed by atoms with Gasteiger partial charge in [0.1, 0.15) is 24.1 Å². The molecule has 4 nitrogen and oxygen atoms in total. The summed E-state index contributed by atoms with van der Waals surface area (Å²) in [6.07, 6.45) is 2.47. The van der Waals surface area contributed by atoms with Crippen molar-refractivity contribution in [3.8, 4) is 5.75 Å². The number of nitrogens with zero attached hydrogens (tertiary/aromatic N) is 1. The van der Waals surface area contributed by atoms with Crippen LogP contribution in [0.4, 0.5) is 0 Å². The number of hydrogen-bond donors (Lipinski definition) is 0. The third-order valence-corrected chi connectivity index (χ3v) is 3.17. The van der Waals surface area contributed by atoms with Gasteiger partial charge in [-0.05, 0) is 36.2 Å². The largest absolute Gasteiger partial charge is 0.490 e. The monoisotopic (exact) mass is 305 g/mol. The Balaban J connectivity index is 1.79. The van der Waals surface area contributed by atoms with E-state index in [1.807, 2.05) is 24.3 Å². The van der Waals surface area contributed by atoms with Crippen molar-refractivity contribution in [3.63, 3.8) is 0 Å². The lowest BCUT2D eigenvalue weighted by Gasteiger charge is -2.08. The summed E-state index contributed by atoms with van der Waals surface area (Å²) in [6.45, 7) is 2.52. The second-order valence-corrected chi connectivity index (χ2v) is 4.69. The summed E-state index contributed by atoms with van der Waals surface area (Å²) in [7, 11) is 0. The molecule has 1 aromatic heterocycles. The minimum atomic E-state index is -0.501. The normalized spacial score (nSPS) is 10.2. The molecule has 0 bridgehead atoms. The first-order valence-electron chi connectivity index (χ1n) is 6.70. The Labute approximate surface area is 128 Å². The SMILES string of the molecule is CCc1cccc(OCCOC(=O)c2cccnc2Cl)c1. The van der Waals surface area contributed by atoms with E-state index in [-0.39, 0.29) is 23.9 Å². The lowest BCUT2D eigenvalue weighted by atomic mass is 10.2. The summed E-state index contributed by atoms with van der Waals surface area (Å²) in [5.41, 5.74) is 1.46. The molecule has 21 heavy (non-hydrogen) atoms. The molecule has 2 aromatic rings. The number of aryl methyl sites for hydroxylation is 1. The zero-order valence-corrected chi connectivity index (χ0v) is 12.5. The minimum absolute atomic E-state index is 0.138. The topological polar surface area (TPSA) is 48.4 Å². The molecule has 0 aliphatic rings. The number of hydrogen-bond acceptors (Lipinski definition) is 4. The van der Waals surface area contributed by atoms with E-state index in [1.165, 1.54) is 11.8 Å². The molecule has 0 aliphatic heterocycles. The van der Waals surface area contributed by atoms with Crippen molar-refractivity contribution in [2.45, 2.75) is 13.3 Å². The molecule has 0 atom stereocenters. The van der Waals surface area contributed by atoms with Crippen molar-refractivity contribution in [3.05, 3.63) is 58.9 Å². The van der Waals surface area contributed by atoms with Crippen LogP contribution < -0.4 is 4.74 Å². The van der Waals surface area contributed by atoms with Gasteiger partial charge < -0.3 is 9.47 Å². The number of esters is 1. The Morgan fingerprint density at radius 1 is 1.24 bits per heavy atom. The molecule has 1 heterocycles. The molecule has 0 saturated heterocycles. The number of carbonyl (C=O) groups excluding carboxylic acids is 1. The number of benzene rings is 1. The van der Waals surface area contributed by atoms with E-state index < -0.39 is 5.97 Å². The van der Waals surface area contributed by atoms with E-state index in [1.54, 1.807) is 12.1 Å². The second kappa shape index (κ2) is 7.64. The number of carbonyl (C=O) groups is 1. The van der Waals surface area contributed by atoms with Gasteiger partial charge in [0, 0.05) is 6.20 Å². The fourth-order valence-corrected chi connectivity index (χ4v) is 1.96. The summed E-state index contributed by atoms with van der Waals surface area (Å²) < 4.78 is 10.6. The minimum Gasteiger partial charge on any atom is -0.490 e. The van der Waals surface area contributed by atoms with Crippen LogP contribution in [0.1, 0.15) is 22.8 Å². The molecular weight excluding hydrogens is 290 g/mol. The van der Waals surface area contributed by atoms with E-state index in [0.717, 1.165) is 12.2 Å². The van der Waals surface area contributed by atoms with Crippen molar-refractivity contribution in [1.29, 1.82) is 0 Å². The maximum Gasteiger partial charge on any atom is 0.341 e. The Morgan fingerprint density at radius 3 is 2.86 bits per heavy atom. The van der Waals surface area contributed by atoms with Gasteiger partial charge in [0.25, 0.3) is 0 Å². The Bertz CT molecular complexity index is 616. The first-order chi connectivity index (χ1) is 10.2. The molecule has 0 radical (unpaired) electrons. The fourth-order valence-electron chi connectivity index (χ4n) is 1.77. The van der Waals surface area contributed by atoms with Crippen molar-refractivity contribution < 1.29 is 14.3 Å². The number of pyridine rings is 1. The molecule has 0 unspecified atom stereocenters. The van der Waals surface area contributed by atoms with Crippen LogP contribution >= 0.6 is 11.6 Å². The highest BCUT2D eigenvalue weighted by atomic mass is 35.5. The van der Waals surface area contributed by atoms with E-state index in [0.29, 0.717) is 0 Å². The molecule has 0 fully saturated rings. The third kappa shape index (κ3) is 4.46. The molecule has 0 amide bonds. The van der Waals surface area contributed by atoms with Gasteiger partial charge in [-0.2, -0.15) is 0 Å². The van der Waals surface area contributed by atoms with E-state index >= 15 is 0 Å². The molecule has 0 spiro atoms. The van der Waals surface area contributed by atoms with Crippen LogP contribution in [0.15, 0.2) is 42.6 Å². The average Bonchev–Trinajstić information content (AvgIpc) is 2.52. The quantitative estimate of drug-likeness (QED) is 0.465. The van der Waals surface area contributed by atoms with Gasteiger partial charge in [-0.1, -0.05) is 30.7 Å². The van der Waals surface area contributed by atoms with Crippen LogP contribution in [-0.4, -0.2) is 24.2 Å². The lowest BCUT2D eigenvalue weighted by Crippen LogP contribution is -2.13. The first kappa shape index (κ1) is 15.3. The van der Waals surface area contributed by atoms with Crippen LogP contribution in [0.3, 0.4) is 0 Å². The highest BCUT2D eigenvalue weighted by Gasteiger charge is 2.11. The number of rotatable bonds is 6. The standard InChI is InChI=1S/C16H16ClNO3/c1-2-12-5-3-6-13(11-12)20-9-10-21-16(19)14-7-4-8-18-15(14)17/h3-8,11H,2,9-10H2,1H3. The fraction of sp³-hybridized carbons (Fsp3) is 0.250. The highest BCUT2D eigenvalue weighted by Crippen LogP contribution is 2.14. The zero-order chi connectivity index (χ0) is 15.1. The smallest absolute Gasteiger partial charge is 0.341 e. The first-order valence-corrected chi connectivity index (χ1v) is 7.08. The van der Waals surface area contributed by atoms with Crippen molar-refractivity contribution >= 4 is 17.6 Å². The van der Waals surface area contributed by atoms with E-state index in [9.17, 15) is 4.79 Å². The molecule has 5 heteroatoms. The van der Waals surface area contributed by atoms with Gasteiger partial charge >= 0.3 is 5.97 Å². The summed E-state index contributed by atoms with van der Waals surface area (Å²) in [4.78, 5) is 15.6. The number of halogens is 1. The van der Waals surface area contributed by atoms with Gasteiger partial charge in [-0.3, -0.25) is 0 Å². The van der Waals surface area contributed by atoms with Gasteiger partial charge in [-0.25, -0.2) is 9.78 Å². The lowest BCUT2D eigenvalue weighted by molar-refractivity contribution is 0.0450. The molecule has 0 N–H and O–H groups in total. The summed E-state index contributed by atoms with van der Waals surface area (Å²) in [5, 5.41) is 0.138. The molecule has 0 aliphatic carbocycles. The van der Waals surface area contributed by atoms with Crippen LogP contribution in [0.2, 0.25) is 5.15 Å². The number of ether oxygens (including phenoxy) is 2. The highest BCUT2D eigenvalue weighted by molar-refractivity contribution is 6.32.